The van der Waals surface area contributed by atoms with Gasteiger partial charge >= 0.3 is 6.03 Å². The number of hydrogen-bond acceptors (Lipinski definition) is 4. The average molecular weight is 469 g/mol. The molecule has 35 heavy (non-hydrogen) atoms. The van der Waals surface area contributed by atoms with Crippen LogP contribution < -0.4 is 10.2 Å². The Hall–Kier alpha value is -4.26. The van der Waals surface area contributed by atoms with E-state index in [2.05, 4.69) is 22.4 Å². The zero-order chi connectivity index (χ0) is 24.5. The summed E-state index contributed by atoms with van der Waals surface area (Å²) in [6.07, 6.45) is 0.906. The first kappa shape index (κ1) is 22.5. The fourth-order valence-corrected chi connectivity index (χ4v) is 4.27. The molecule has 6 nitrogen and oxygen atoms in total. The fourth-order valence-electron chi connectivity index (χ4n) is 4.27. The van der Waals surface area contributed by atoms with Gasteiger partial charge in [0.15, 0.2) is 0 Å². The van der Waals surface area contributed by atoms with Crippen LogP contribution in [0.1, 0.15) is 42.5 Å². The third kappa shape index (κ3) is 4.33. The van der Waals surface area contributed by atoms with E-state index in [1.165, 1.54) is 17.7 Å². The number of allylic oxidation sites excluding steroid dienone is 1. The van der Waals surface area contributed by atoms with Crippen molar-refractivity contribution in [1.29, 1.82) is 0 Å². The molecule has 1 aromatic heterocycles. The van der Waals surface area contributed by atoms with Gasteiger partial charge in [0.25, 0.3) is 5.89 Å². The molecule has 0 bridgehead atoms. The van der Waals surface area contributed by atoms with Crippen LogP contribution in [0.15, 0.2) is 83.0 Å². The SMILES string of the molecule is CCc1ccc(N2C(=O)NC(c3ccc(F)cc3)C(c3nc(-c4ccc(C)cc4)no3)=C2C)cc1. The third-order valence-electron chi connectivity index (χ3n) is 6.26. The predicted octanol–water partition coefficient (Wildman–Crippen LogP) is 6.45. The van der Waals surface area contributed by atoms with Crippen molar-refractivity contribution in [2.45, 2.75) is 33.2 Å². The molecule has 5 rings (SSSR count). The normalized spacial score (nSPS) is 15.9. The number of anilines is 1. The highest BCUT2D eigenvalue weighted by Gasteiger charge is 2.36. The molecule has 2 heterocycles. The van der Waals surface area contributed by atoms with Gasteiger partial charge in [-0.15, -0.1) is 0 Å². The number of carbonyl (C=O) groups is 1. The van der Waals surface area contributed by atoms with Gasteiger partial charge in [0.1, 0.15) is 5.82 Å². The van der Waals surface area contributed by atoms with Crippen molar-refractivity contribution < 1.29 is 13.7 Å². The molecule has 0 spiro atoms. The second-order valence-electron chi connectivity index (χ2n) is 8.58. The minimum absolute atomic E-state index is 0.289. The van der Waals surface area contributed by atoms with E-state index in [0.29, 0.717) is 28.5 Å². The Bertz CT molecular complexity index is 1390. The summed E-state index contributed by atoms with van der Waals surface area (Å²) in [6.45, 7) is 5.95. The number of aryl methyl sites for hydroxylation is 2. The van der Waals surface area contributed by atoms with Crippen molar-refractivity contribution in [3.63, 3.8) is 0 Å². The molecule has 0 saturated heterocycles. The van der Waals surface area contributed by atoms with E-state index < -0.39 is 6.04 Å². The van der Waals surface area contributed by atoms with Gasteiger partial charge in [-0.25, -0.2) is 9.18 Å². The highest BCUT2D eigenvalue weighted by Crippen LogP contribution is 2.39. The number of rotatable bonds is 5. The summed E-state index contributed by atoms with van der Waals surface area (Å²) in [6, 6.07) is 20.9. The van der Waals surface area contributed by atoms with E-state index in [4.69, 9.17) is 4.52 Å². The first-order valence-corrected chi connectivity index (χ1v) is 11.5. The monoisotopic (exact) mass is 468 g/mol. The van der Waals surface area contributed by atoms with E-state index >= 15 is 0 Å². The molecule has 0 saturated carbocycles. The summed E-state index contributed by atoms with van der Waals surface area (Å²) in [4.78, 5) is 19.6. The van der Waals surface area contributed by atoms with E-state index in [0.717, 1.165) is 23.2 Å². The zero-order valence-corrected chi connectivity index (χ0v) is 19.7. The van der Waals surface area contributed by atoms with Gasteiger partial charge in [-0.1, -0.05) is 66.2 Å². The van der Waals surface area contributed by atoms with Crippen LogP contribution in [0.25, 0.3) is 17.0 Å². The molecule has 1 unspecified atom stereocenters. The largest absolute Gasteiger partial charge is 0.334 e. The number of nitrogens with zero attached hydrogens (tertiary/aromatic N) is 3. The fraction of sp³-hybridized carbons (Fsp3) is 0.179. The van der Waals surface area contributed by atoms with Crippen LogP contribution in [0.5, 0.6) is 0 Å². The lowest BCUT2D eigenvalue weighted by atomic mass is 9.94. The van der Waals surface area contributed by atoms with Crippen molar-refractivity contribution in [3.05, 3.63) is 107 Å². The van der Waals surface area contributed by atoms with Crippen LogP contribution in [0.3, 0.4) is 0 Å². The Morgan fingerprint density at radius 1 is 0.971 bits per heavy atom. The van der Waals surface area contributed by atoms with Gasteiger partial charge in [0.2, 0.25) is 5.82 Å². The van der Waals surface area contributed by atoms with Crippen LogP contribution in [0, 0.1) is 12.7 Å². The first-order chi connectivity index (χ1) is 16.9. The molecular formula is C28H25FN4O2. The lowest BCUT2D eigenvalue weighted by Crippen LogP contribution is -2.46. The summed E-state index contributed by atoms with van der Waals surface area (Å²) < 4.78 is 19.4. The standard InChI is InChI=1S/C28H25FN4O2/c1-4-19-7-15-23(16-8-19)33-18(3)24(25(30-28(33)34)20-11-13-22(29)14-12-20)27-31-26(32-35-27)21-9-5-17(2)6-10-21/h5-16,25H,4H2,1-3H3,(H,30,34). The van der Waals surface area contributed by atoms with Crippen LogP contribution in [-0.4, -0.2) is 16.2 Å². The minimum atomic E-state index is -0.583. The highest BCUT2D eigenvalue weighted by molar-refractivity contribution is 6.01. The highest BCUT2D eigenvalue weighted by atomic mass is 19.1. The Balaban J connectivity index is 1.63. The van der Waals surface area contributed by atoms with Crippen LogP contribution in [-0.2, 0) is 6.42 Å². The molecule has 1 atom stereocenters. The molecule has 176 valence electrons. The van der Waals surface area contributed by atoms with Crippen molar-refractivity contribution in [2.75, 3.05) is 4.90 Å². The number of hydrogen-bond donors (Lipinski definition) is 1. The van der Waals surface area contributed by atoms with Gasteiger partial charge in [0, 0.05) is 11.3 Å². The predicted molar refractivity (Wildman–Crippen MR) is 133 cm³/mol. The molecule has 0 radical (unpaired) electrons. The molecule has 4 aromatic rings. The molecule has 3 aromatic carbocycles. The summed E-state index contributed by atoms with van der Waals surface area (Å²) in [5, 5.41) is 7.24. The number of nitrogens with one attached hydrogen (secondary N) is 1. The van der Waals surface area contributed by atoms with Gasteiger partial charge in [-0.05, 0) is 55.7 Å². The molecule has 2 amide bonds. The Morgan fingerprint density at radius 2 is 1.66 bits per heavy atom. The van der Waals surface area contributed by atoms with Crippen molar-refractivity contribution in [2.24, 2.45) is 0 Å². The van der Waals surface area contributed by atoms with E-state index in [9.17, 15) is 9.18 Å². The molecule has 0 aliphatic carbocycles. The number of amides is 2. The minimum Gasteiger partial charge on any atom is -0.334 e. The molecule has 1 aliphatic rings. The van der Waals surface area contributed by atoms with E-state index in [1.54, 1.807) is 17.0 Å². The summed E-state index contributed by atoms with van der Waals surface area (Å²) in [5.74, 6) is 0.395. The molecule has 1 N–H and O–H groups in total. The Kier molecular flexibility index (Phi) is 5.91. The van der Waals surface area contributed by atoms with Gasteiger partial charge in [-0.2, -0.15) is 4.98 Å². The number of benzene rings is 3. The second-order valence-corrected chi connectivity index (χ2v) is 8.58. The van der Waals surface area contributed by atoms with E-state index in [-0.39, 0.29) is 11.8 Å². The van der Waals surface area contributed by atoms with Crippen molar-refractivity contribution >= 4 is 17.3 Å². The lowest BCUT2D eigenvalue weighted by Gasteiger charge is -2.35. The van der Waals surface area contributed by atoms with Gasteiger partial charge < -0.3 is 9.84 Å². The average Bonchev–Trinajstić information content (AvgIpc) is 3.35. The third-order valence-corrected chi connectivity index (χ3v) is 6.26. The molecule has 7 heteroatoms. The molecule has 1 aliphatic heterocycles. The summed E-state index contributed by atoms with van der Waals surface area (Å²) in [5.41, 5.74) is 5.89. The van der Waals surface area contributed by atoms with Crippen molar-refractivity contribution in [1.82, 2.24) is 15.5 Å². The Labute approximate surface area is 203 Å². The number of urea groups is 1. The topological polar surface area (TPSA) is 71.3 Å². The molecular weight excluding hydrogens is 443 g/mol. The summed E-state index contributed by atoms with van der Waals surface area (Å²) in [7, 11) is 0. The molecule has 0 fully saturated rings. The lowest BCUT2D eigenvalue weighted by molar-refractivity contribution is 0.244. The van der Waals surface area contributed by atoms with E-state index in [1.807, 2.05) is 62.4 Å². The maximum atomic E-state index is 13.6. The number of halogens is 1. The maximum Gasteiger partial charge on any atom is 0.326 e. The quantitative estimate of drug-likeness (QED) is 0.365. The maximum absolute atomic E-state index is 13.6. The second kappa shape index (κ2) is 9.18. The van der Waals surface area contributed by atoms with Crippen molar-refractivity contribution in [3.8, 4) is 11.4 Å². The summed E-state index contributed by atoms with van der Waals surface area (Å²) >= 11 is 0. The Morgan fingerprint density at radius 3 is 2.31 bits per heavy atom. The smallest absolute Gasteiger partial charge is 0.326 e. The van der Waals surface area contributed by atoms with Crippen LogP contribution in [0.4, 0.5) is 14.9 Å². The van der Waals surface area contributed by atoms with Crippen LogP contribution in [0.2, 0.25) is 0 Å². The number of carbonyl (C=O) groups excluding carboxylic acids is 1. The van der Waals surface area contributed by atoms with Crippen LogP contribution >= 0.6 is 0 Å². The zero-order valence-electron chi connectivity index (χ0n) is 19.7. The van der Waals surface area contributed by atoms with Gasteiger partial charge in [-0.3, -0.25) is 4.90 Å². The van der Waals surface area contributed by atoms with Gasteiger partial charge in [0.05, 0.1) is 17.3 Å². The number of aromatic nitrogens is 2. The first-order valence-electron chi connectivity index (χ1n) is 11.5.